The van der Waals surface area contributed by atoms with E-state index < -0.39 is 6.09 Å². The number of hydrogen-bond acceptors (Lipinski definition) is 4. The van der Waals surface area contributed by atoms with Crippen molar-refractivity contribution in [1.82, 2.24) is 5.32 Å². The second-order valence-corrected chi connectivity index (χ2v) is 3.64. The van der Waals surface area contributed by atoms with Crippen molar-refractivity contribution in [3.8, 4) is 12.3 Å². The molecule has 2 fully saturated rings. The number of alkyl carbamates (subject to hydrolysis) is 1. The van der Waals surface area contributed by atoms with Gasteiger partial charge in [0.05, 0.1) is 12.1 Å². The van der Waals surface area contributed by atoms with E-state index in [1.54, 1.807) is 0 Å². The van der Waals surface area contributed by atoms with E-state index in [-0.39, 0.29) is 31.1 Å². The Kier molecular flexibility index (Phi) is 2.80. The van der Waals surface area contributed by atoms with Crippen LogP contribution in [0.15, 0.2) is 0 Å². The SMILES string of the molecule is C#CCO[C@H]1C[C@@H]2NC(=O)O[C@@H]2[C@H](C)O1. The van der Waals surface area contributed by atoms with Gasteiger partial charge in [0.2, 0.25) is 0 Å². The highest BCUT2D eigenvalue weighted by Crippen LogP contribution is 2.26. The summed E-state index contributed by atoms with van der Waals surface area (Å²) in [5, 5.41) is 2.72. The number of fused-ring (bicyclic) bond motifs is 1. The second kappa shape index (κ2) is 4.09. The largest absolute Gasteiger partial charge is 0.441 e. The first-order valence-corrected chi connectivity index (χ1v) is 4.88. The van der Waals surface area contributed by atoms with Gasteiger partial charge in [-0.25, -0.2) is 4.79 Å². The van der Waals surface area contributed by atoms with Gasteiger partial charge in [-0.3, -0.25) is 0 Å². The van der Waals surface area contributed by atoms with Crippen molar-refractivity contribution in [2.75, 3.05) is 6.61 Å². The molecule has 2 aliphatic heterocycles. The molecule has 0 unspecified atom stereocenters. The highest BCUT2D eigenvalue weighted by molar-refractivity contribution is 5.70. The molecule has 0 spiro atoms. The first-order chi connectivity index (χ1) is 7.20. The fourth-order valence-electron chi connectivity index (χ4n) is 1.92. The van der Waals surface area contributed by atoms with Crippen LogP contribution < -0.4 is 5.32 Å². The fraction of sp³-hybridized carbons (Fsp3) is 0.700. The third kappa shape index (κ3) is 2.06. The zero-order valence-electron chi connectivity index (χ0n) is 8.43. The molecule has 2 rings (SSSR count). The molecule has 2 heterocycles. The molecular weight excluding hydrogens is 198 g/mol. The van der Waals surface area contributed by atoms with Gasteiger partial charge in [0.1, 0.15) is 12.7 Å². The third-order valence-corrected chi connectivity index (χ3v) is 2.57. The van der Waals surface area contributed by atoms with Gasteiger partial charge in [0, 0.05) is 6.42 Å². The molecule has 2 saturated heterocycles. The summed E-state index contributed by atoms with van der Waals surface area (Å²) < 4.78 is 15.9. The molecule has 0 aromatic rings. The van der Waals surface area contributed by atoms with Crippen LogP contribution in [0.3, 0.4) is 0 Å². The summed E-state index contributed by atoms with van der Waals surface area (Å²) >= 11 is 0. The Morgan fingerprint density at radius 3 is 3.27 bits per heavy atom. The zero-order valence-corrected chi connectivity index (χ0v) is 8.43. The number of amides is 1. The minimum absolute atomic E-state index is 0.0379. The average molecular weight is 211 g/mol. The predicted molar refractivity (Wildman–Crippen MR) is 50.9 cm³/mol. The Balaban J connectivity index is 1.95. The lowest BCUT2D eigenvalue weighted by atomic mass is 10.0. The maximum absolute atomic E-state index is 11.0. The van der Waals surface area contributed by atoms with Crippen molar-refractivity contribution >= 4 is 6.09 Å². The molecule has 0 bridgehead atoms. The minimum Gasteiger partial charge on any atom is -0.441 e. The normalized spacial score (nSPS) is 38.8. The first-order valence-electron chi connectivity index (χ1n) is 4.88. The molecule has 5 heteroatoms. The second-order valence-electron chi connectivity index (χ2n) is 3.64. The lowest BCUT2D eigenvalue weighted by Crippen LogP contribution is -2.49. The number of ether oxygens (including phenoxy) is 3. The molecule has 4 atom stereocenters. The zero-order chi connectivity index (χ0) is 10.8. The maximum atomic E-state index is 11.0. The van der Waals surface area contributed by atoms with Crippen LogP contribution >= 0.6 is 0 Å². The van der Waals surface area contributed by atoms with Crippen LogP contribution in [0.5, 0.6) is 0 Å². The van der Waals surface area contributed by atoms with Gasteiger partial charge in [-0.2, -0.15) is 0 Å². The van der Waals surface area contributed by atoms with Crippen LogP contribution in [0, 0.1) is 12.3 Å². The van der Waals surface area contributed by atoms with Gasteiger partial charge in [-0.05, 0) is 6.92 Å². The fourth-order valence-corrected chi connectivity index (χ4v) is 1.92. The molecule has 0 radical (unpaired) electrons. The van der Waals surface area contributed by atoms with Crippen molar-refractivity contribution in [1.29, 1.82) is 0 Å². The standard InChI is InChI=1S/C10H13NO4/c1-3-4-13-8-5-7-9(6(2)14-8)15-10(12)11-7/h1,6-9H,4-5H2,2H3,(H,11,12)/t6-,7-,8+,9+/m0/s1. The summed E-state index contributed by atoms with van der Waals surface area (Å²) in [5.74, 6) is 2.38. The molecule has 0 saturated carbocycles. The van der Waals surface area contributed by atoms with E-state index in [1.165, 1.54) is 0 Å². The Labute approximate surface area is 88.1 Å². The molecule has 0 aliphatic carbocycles. The number of carbonyl (C=O) groups is 1. The molecule has 1 N–H and O–H groups in total. The van der Waals surface area contributed by atoms with E-state index in [9.17, 15) is 4.79 Å². The van der Waals surface area contributed by atoms with Crippen LogP contribution in [0.2, 0.25) is 0 Å². The summed E-state index contributed by atoms with van der Waals surface area (Å²) in [6.45, 7) is 2.06. The van der Waals surface area contributed by atoms with E-state index >= 15 is 0 Å². The predicted octanol–water partition coefficient (Wildman–Crippen LogP) is 0.248. The Morgan fingerprint density at radius 2 is 2.53 bits per heavy atom. The number of rotatable bonds is 2. The summed E-state index contributed by atoms with van der Waals surface area (Å²) in [6, 6.07) is -0.0379. The van der Waals surface area contributed by atoms with Crippen LogP contribution in [0.4, 0.5) is 4.79 Å². The molecule has 82 valence electrons. The minimum atomic E-state index is -0.391. The molecule has 1 amide bonds. The monoisotopic (exact) mass is 211 g/mol. The van der Waals surface area contributed by atoms with Crippen molar-refractivity contribution in [3.63, 3.8) is 0 Å². The van der Waals surface area contributed by atoms with Gasteiger partial charge in [0.15, 0.2) is 6.29 Å². The van der Waals surface area contributed by atoms with Crippen LogP contribution in [-0.4, -0.2) is 37.2 Å². The van der Waals surface area contributed by atoms with Gasteiger partial charge in [-0.1, -0.05) is 5.92 Å². The van der Waals surface area contributed by atoms with Crippen LogP contribution in [0.1, 0.15) is 13.3 Å². The number of terminal acetylenes is 1. The first kappa shape index (κ1) is 10.3. The Hall–Kier alpha value is -1.25. The van der Waals surface area contributed by atoms with E-state index in [1.807, 2.05) is 6.92 Å². The van der Waals surface area contributed by atoms with E-state index in [4.69, 9.17) is 20.6 Å². The van der Waals surface area contributed by atoms with Gasteiger partial charge >= 0.3 is 6.09 Å². The van der Waals surface area contributed by atoms with Crippen LogP contribution in [0.25, 0.3) is 0 Å². The van der Waals surface area contributed by atoms with Crippen molar-refractivity contribution in [2.24, 2.45) is 0 Å². The molecule has 15 heavy (non-hydrogen) atoms. The lowest BCUT2D eigenvalue weighted by Gasteiger charge is -2.34. The summed E-state index contributed by atoms with van der Waals surface area (Å²) in [6.07, 6.45) is 4.51. The topological polar surface area (TPSA) is 56.8 Å². The molecule has 0 aromatic carbocycles. The maximum Gasteiger partial charge on any atom is 0.407 e. The smallest absolute Gasteiger partial charge is 0.407 e. The van der Waals surface area contributed by atoms with Gasteiger partial charge in [-0.15, -0.1) is 6.42 Å². The Morgan fingerprint density at radius 1 is 1.73 bits per heavy atom. The lowest BCUT2D eigenvalue weighted by molar-refractivity contribution is -0.210. The third-order valence-electron chi connectivity index (χ3n) is 2.57. The summed E-state index contributed by atoms with van der Waals surface area (Å²) in [4.78, 5) is 11.0. The van der Waals surface area contributed by atoms with Gasteiger partial charge < -0.3 is 19.5 Å². The van der Waals surface area contributed by atoms with E-state index in [0.29, 0.717) is 6.42 Å². The van der Waals surface area contributed by atoms with Crippen LogP contribution in [-0.2, 0) is 14.2 Å². The molecular formula is C10H13NO4. The van der Waals surface area contributed by atoms with Crippen molar-refractivity contribution in [2.45, 2.75) is 37.9 Å². The van der Waals surface area contributed by atoms with Crippen molar-refractivity contribution in [3.05, 3.63) is 0 Å². The van der Waals surface area contributed by atoms with Gasteiger partial charge in [0.25, 0.3) is 0 Å². The summed E-state index contributed by atoms with van der Waals surface area (Å²) in [5.41, 5.74) is 0. The average Bonchev–Trinajstić information content (AvgIpc) is 2.56. The van der Waals surface area contributed by atoms with Crippen molar-refractivity contribution < 1.29 is 19.0 Å². The number of nitrogens with one attached hydrogen (secondary N) is 1. The summed E-state index contributed by atoms with van der Waals surface area (Å²) in [7, 11) is 0. The number of carbonyl (C=O) groups excluding carboxylic acids is 1. The quantitative estimate of drug-likeness (QED) is 0.665. The molecule has 5 nitrogen and oxygen atoms in total. The highest BCUT2D eigenvalue weighted by Gasteiger charge is 2.44. The highest BCUT2D eigenvalue weighted by atomic mass is 16.7. The van der Waals surface area contributed by atoms with E-state index in [2.05, 4.69) is 11.2 Å². The van der Waals surface area contributed by atoms with E-state index in [0.717, 1.165) is 0 Å². The Bertz CT molecular complexity index is 298. The molecule has 2 aliphatic rings. The molecule has 0 aromatic heterocycles. The number of hydrogen-bond donors (Lipinski definition) is 1.